The van der Waals surface area contributed by atoms with E-state index in [1.54, 1.807) is 16.7 Å². The maximum atomic E-state index is 2.56. The minimum atomic E-state index is 0.261. The lowest BCUT2D eigenvalue weighted by Gasteiger charge is -2.60. The third-order valence-corrected chi connectivity index (χ3v) is 15.1. The second kappa shape index (κ2) is 11.9. The molecule has 57 heavy (non-hydrogen) atoms. The summed E-state index contributed by atoms with van der Waals surface area (Å²) in [6.07, 6.45) is 5.78. The van der Waals surface area contributed by atoms with Crippen molar-refractivity contribution in [1.82, 2.24) is 0 Å². The van der Waals surface area contributed by atoms with Crippen molar-refractivity contribution in [2.24, 2.45) is 23.7 Å². The van der Waals surface area contributed by atoms with Gasteiger partial charge in [0.2, 0.25) is 0 Å². The normalized spacial score (nSPS) is 24.1. The minimum Gasteiger partial charge on any atom is -0.310 e. The molecule has 1 heteroatoms. The molecule has 4 fully saturated rings. The summed E-state index contributed by atoms with van der Waals surface area (Å²) in [7, 11) is 0. The molecule has 0 N–H and O–H groups in total. The fourth-order valence-electron chi connectivity index (χ4n) is 13.2. The van der Waals surface area contributed by atoms with E-state index in [0.717, 1.165) is 46.7 Å². The van der Waals surface area contributed by atoms with Crippen molar-refractivity contribution in [2.75, 3.05) is 4.90 Å². The summed E-state index contributed by atoms with van der Waals surface area (Å²) in [5.41, 5.74) is 19.3. The first-order valence-electron chi connectivity index (χ1n) is 21.2. The van der Waals surface area contributed by atoms with E-state index in [1.165, 1.54) is 81.0 Å². The number of nitrogens with zero attached hydrogens (tertiary/aromatic N) is 1. The Kier molecular flexibility index (Phi) is 6.68. The van der Waals surface area contributed by atoms with Crippen molar-refractivity contribution in [1.29, 1.82) is 0 Å². The van der Waals surface area contributed by atoms with Crippen LogP contribution in [0.1, 0.15) is 48.3 Å². The molecule has 0 amide bonds. The molecule has 0 aromatic heterocycles. The van der Waals surface area contributed by atoms with E-state index in [1.807, 2.05) is 0 Å². The van der Waals surface area contributed by atoms with Crippen LogP contribution in [0.3, 0.4) is 0 Å². The Labute approximate surface area is 335 Å². The van der Waals surface area contributed by atoms with Gasteiger partial charge >= 0.3 is 0 Å². The lowest BCUT2D eigenvalue weighted by atomic mass is 9.43. The number of anilines is 3. The molecule has 6 atom stereocenters. The molecule has 4 saturated carbocycles. The first kappa shape index (κ1) is 32.0. The molecule has 0 aliphatic heterocycles. The maximum Gasteiger partial charge on any atom is 0.0540 e. The number of fused-ring (bicyclic) bond motifs is 3. The van der Waals surface area contributed by atoms with Crippen LogP contribution in [-0.2, 0) is 5.41 Å². The summed E-state index contributed by atoms with van der Waals surface area (Å²) in [4.78, 5) is 2.43. The van der Waals surface area contributed by atoms with Gasteiger partial charge in [-0.15, -0.1) is 0 Å². The molecule has 6 aliphatic carbocycles. The summed E-state index contributed by atoms with van der Waals surface area (Å²) in [6, 6.07) is 68.2. The van der Waals surface area contributed by atoms with Crippen molar-refractivity contribution < 1.29 is 0 Å². The Morgan fingerprint density at radius 3 is 1.98 bits per heavy atom. The zero-order valence-electron chi connectivity index (χ0n) is 32.0. The van der Waals surface area contributed by atoms with Gasteiger partial charge < -0.3 is 4.90 Å². The van der Waals surface area contributed by atoms with Crippen LogP contribution in [0.2, 0.25) is 0 Å². The van der Waals surface area contributed by atoms with Gasteiger partial charge in [0.05, 0.1) is 5.69 Å². The van der Waals surface area contributed by atoms with Crippen LogP contribution in [-0.4, -0.2) is 0 Å². The molecule has 1 nitrogen and oxygen atoms in total. The fourth-order valence-corrected chi connectivity index (χ4v) is 13.2. The quantitative estimate of drug-likeness (QED) is 0.165. The number of para-hydroxylation sites is 1. The second-order valence-corrected chi connectivity index (χ2v) is 17.6. The Bertz CT molecular complexity index is 2880. The van der Waals surface area contributed by atoms with Crippen molar-refractivity contribution in [3.05, 3.63) is 199 Å². The van der Waals surface area contributed by atoms with E-state index in [4.69, 9.17) is 0 Å². The number of hydrogen-bond donors (Lipinski definition) is 0. The van der Waals surface area contributed by atoms with Crippen LogP contribution < -0.4 is 4.90 Å². The van der Waals surface area contributed by atoms with Crippen LogP contribution in [0.4, 0.5) is 17.1 Å². The Hall–Kier alpha value is -6.18. The molecule has 0 saturated heterocycles. The van der Waals surface area contributed by atoms with Gasteiger partial charge in [0.1, 0.15) is 0 Å². The van der Waals surface area contributed by atoms with Crippen molar-refractivity contribution in [3.63, 3.8) is 0 Å². The Balaban J connectivity index is 0.907. The van der Waals surface area contributed by atoms with Gasteiger partial charge in [0.15, 0.2) is 0 Å². The fraction of sp³-hybridized carbons (Fsp3) is 0.179. The van der Waals surface area contributed by atoms with E-state index in [-0.39, 0.29) is 5.41 Å². The van der Waals surface area contributed by atoms with Crippen molar-refractivity contribution >= 4 is 27.8 Å². The first-order chi connectivity index (χ1) is 28.2. The predicted octanol–water partition coefficient (Wildman–Crippen LogP) is 14.7. The molecule has 6 aliphatic rings. The predicted molar refractivity (Wildman–Crippen MR) is 236 cm³/mol. The van der Waals surface area contributed by atoms with Crippen molar-refractivity contribution in [3.8, 4) is 44.5 Å². The van der Waals surface area contributed by atoms with Gasteiger partial charge in [0.25, 0.3) is 0 Å². The Morgan fingerprint density at radius 1 is 0.456 bits per heavy atom. The topological polar surface area (TPSA) is 3.24 Å². The van der Waals surface area contributed by atoms with Gasteiger partial charge in [-0.25, -0.2) is 0 Å². The highest BCUT2D eigenvalue weighted by atomic mass is 15.1. The summed E-state index contributed by atoms with van der Waals surface area (Å²) >= 11 is 0. The lowest BCUT2D eigenvalue weighted by Crippen LogP contribution is -2.54. The lowest BCUT2D eigenvalue weighted by molar-refractivity contribution is -0.0431. The second-order valence-electron chi connectivity index (χ2n) is 17.6. The van der Waals surface area contributed by atoms with Crippen LogP contribution >= 0.6 is 0 Å². The maximum absolute atomic E-state index is 2.56. The third-order valence-electron chi connectivity index (χ3n) is 15.1. The molecule has 272 valence electrons. The molecule has 6 bridgehead atoms. The zero-order valence-corrected chi connectivity index (χ0v) is 32.0. The number of hydrogen-bond acceptors (Lipinski definition) is 1. The standard InChI is InChI=1S/C56H43N/c1-2-10-38(11-3-1)47-15-6-7-19-53(47)57(44-27-22-39(23-28-44)46-16-8-13-37-12-4-5-14-45(37)46)43-25-20-36(21-26-43)40-24-29-51-50(34-40)48-17-9-18-49-54-41-30-35-31-42(33-41)56(51,55(48)49)52(54)32-35/h1-29,34-35,41-42,52,54H,30-33H2. The minimum absolute atomic E-state index is 0.261. The molecule has 0 heterocycles. The average Bonchev–Trinajstić information content (AvgIpc) is 3.72. The number of benzene rings is 8. The highest BCUT2D eigenvalue weighted by Gasteiger charge is 2.69. The summed E-state index contributed by atoms with van der Waals surface area (Å²) in [6.45, 7) is 0. The van der Waals surface area contributed by atoms with Crippen LogP contribution in [0.5, 0.6) is 0 Å². The molecule has 8 aromatic rings. The van der Waals surface area contributed by atoms with Crippen LogP contribution in [0.25, 0.3) is 55.3 Å². The summed E-state index contributed by atoms with van der Waals surface area (Å²) < 4.78 is 0. The average molecular weight is 730 g/mol. The molecule has 8 aromatic carbocycles. The van der Waals surface area contributed by atoms with Gasteiger partial charge in [-0.2, -0.15) is 0 Å². The van der Waals surface area contributed by atoms with Gasteiger partial charge in [-0.1, -0.05) is 146 Å². The SMILES string of the molecule is c1ccc(-c2ccccc2N(c2ccc(-c3ccc4c(c3)-c3cccc5c3C43C4CC6CC(C4)C5C3C6)cc2)c2ccc(-c3cccc4ccccc34)cc2)cc1. The summed E-state index contributed by atoms with van der Waals surface area (Å²) in [5.74, 6) is 4.29. The van der Waals surface area contributed by atoms with Gasteiger partial charge in [-0.3, -0.25) is 0 Å². The largest absolute Gasteiger partial charge is 0.310 e. The first-order valence-corrected chi connectivity index (χ1v) is 21.2. The Morgan fingerprint density at radius 2 is 1.12 bits per heavy atom. The molecule has 1 spiro atoms. The molecule has 0 radical (unpaired) electrons. The van der Waals surface area contributed by atoms with E-state index in [0.29, 0.717) is 0 Å². The third kappa shape index (κ3) is 4.40. The number of rotatable bonds is 6. The van der Waals surface area contributed by atoms with Crippen LogP contribution in [0.15, 0.2) is 182 Å². The monoisotopic (exact) mass is 729 g/mol. The molecular formula is C56H43N. The smallest absolute Gasteiger partial charge is 0.0540 e. The highest BCUT2D eigenvalue weighted by molar-refractivity contribution is 5.97. The van der Waals surface area contributed by atoms with Gasteiger partial charge in [-0.05, 0) is 158 Å². The van der Waals surface area contributed by atoms with E-state index in [2.05, 4.69) is 187 Å². The van der Waals surface area contributed by atoms with E-state index < -0.39 is 0 Å². The van der Waals surface area contributed by atoms with Crippen LogP contribution in [0, 0.1) is 23.7 Å². The molecule has 6 unspecified atom stereocenters. The highest BCUT2D eigenvalue weighted by Crippen LogP contribution is 2.77. The molecule has 14 rings (SSSR count). The van der Waals surface area contributed by atoms with E-state index >= 15 is 0 Å². The van der Waals surface area contributed by atoms with Crippen molar-refractivity contribution in [2.45, 2.75) is 37.0 Å². The summed E-state index contributed by atoms with van der Waals surface area (Å²) in [5, 5.41) is 2.54. The van der Waals surface area contributed by atoms with E-state index in [9.17, 15) is 0 Å². The zero-order chi connectivity index (χ0) is 37.2. The van der Waals surface area contributed by atoms with Gasteiger partial charge in [0, 0.05) is 22.4 Å². The molecular weight excluding hydrogens is 687 g/mol.